The third kappa shape index (κ3) is 4.43. The van der Waals surface area contributed by atoms with Gasteiger partial charge >= 0.3 is 0 Å². The molecule has 8 heteroatoms. The van der Waals surface area contributed by atoms with Crippen molar-refractivity contribution in [2.75, 3.05) is 25.5 Å². The van der Waals surface area contributed by atoms with Gasteiger partial charge in [-0.05, 0) is 36.4 Å². The molecule has 3 amide bonds. The zero-order valence-electron chi connectivity index (χ0n) is 15.3. The maximum atomic E-state index is 12.9. The number of anilines is 1. The molecule has 28 heavy (non-hydrogen) atoms. The van der Waals surface area contributed by atoms with Gasteiger partial charge in [0.2, 0.25) is 11.8 Å². The van der Waals surface area contributed by atoms with Crippen molar-refractivity contribution in [3.05, 3.63) is 59.1 Å². The van der Waals surface area contributed by atoms with Crippen molar-refractivity contribution in [3.8, 4) is 5.75 Å². The summed E-state index contributed by atoms with van der Waals surface area (Å²) in [6.45, 7) is 0.657. The van der Waals surface area contributed by atoms with E-state index in [9.17, 15) is 14.4 Å². The first kappa shape index (κ1) is 19.7. The summed E-state index contributed by atoms with van der Waals surface area (Å²) in [5, 5.41) is 5.79. The lowest BCUT2D eigenvalue weighted by Gasteiger charge is -2.34. The Morgan fingerprint density at radius 3 is 2.61 bits per heavy atom. The highest BCUT2D eigenvalue weighted by Crippen LogP contribution is 2.22. The number of amides is 3. The van der Waals surface area contributed by atoms with Crippen molar-refractivity contribution in [2.24, 2.45) is 0 Å². The first-order chi connectivity index (χ1) is 13.5. The average molecular weight is 402 g/mol. The average Bonchev–Trinajstić information content (AvgIpc) is 2.71. The Morgan fingerprint density at radius 1 is 1.21 bits per heavy atom. The zero-order chi connectivity index (χ0) is 20.1. The number of halogens is 1. The van der Waals surface area contributed by atoms with Gasteiger partial charge in [0, 0.05) is 18.7 Å². The monoisotopic (exact) mass is 401 g/mol. The van der Waals surface area contributed by atoms with Gasteiger partial charge in [-0.3, -0.25) is 14.4 Å². The molecule has 3 rings (SSSR count). The molecule has 2 aromatic carbocycles. The van der Waals surface area contributed by atoms with Crippen molar-refractivity contribution in [1.82, 2.24) is 10.2 Å². The molecule has 0 aromatic heterocycles. The van der Waals surface area contributed by atoms with Crippen LogP contribution in [0.1, 0.15) is 16.8 Å². The number of nitrogens with one attached hydrogen (secondary N) is 2. The maximum absolute atomic E-state index is 12.9. The second-order valence-corrected chi connectivity index (χ2v) is 6.67. The van der Waals surface area contributed by atoms with Crippen LogP contribution in [-0.4, -0.2) is 48.9 Å². The molecular weight excluding hydrogens is 382 g/mol. The van der Waals surface area contributed by atoms with Crippen molar-refractivity contribution in [1.29, 1.82) is 0 Å². The smallest absolute Gasteiger partial charge is 0.254 e. The van der Waals surface area contributed by atoms with E-state index in [0.717, 1.165) is 0 Å². The Kier molecular flexibility index (Phi) is 6.16. The molecule has 7 nitrogen and oxygen atoms in total. The van der Waals surface area contributed by atoms with Gasteiger partial charge in [-0.15, -0.1) is 0 Å². The molecule has 0 radical (unpaired) electrons. The number of ether oxygens (including phenoxy) is 1. The highest BCUT2D eigenvalue weighted by molar-refractivity contribution is 6.33. The van der Waals surface area contributed by atoms with Crippen LogP contribution >= 0.6 is 11.6 Å². The largest absolute Gasteiger partial charge is 0.497 e. The van der Waals surface area contributed by atoms with Crippen LogP contribution in [0.3, 0.4) is 0 Å². The molecule has 1 fully saturated rings. The number of methoxy groups -OCH3 is 1. The quantitative estimate of drug-likeness (QED) is 0.804. The lowest BCUT2D eigenvalue weighted by atomic mass is 10.1. The minimum absolute atomic E-state index is 0.168. The van der Waals surface area contributed by atoms with Gasteiger partial charge in [-0.1, -0.05) is 23.7 Å². The molecule has 1 atom stereocenters. The van der Waals surface area contributed by atoms with Crippen LogP contribution < -0.4 is 15.4 Å². The Balaban J connectivity index is 1.74. The van der Waals surface area contributed by atoms with Crippen LogP contribution in [-0.2, 0) is 9.59 Å². The van der Waals surface area contributed by atoms with Gasteiger partial charge in [0.1, 0.15) is 11.8 Å². The first-order valence-electron chi connectivity index (χ1n) is 8.76. The van der Waals surface area contributed by atoms with E-state index in [0.29, 0.717) is 35.1 Å². The molecule has 2 aromatic rings. The number of rotatable bonds is 5. The summed E-state index contributed by atoms with van der Waals surface area (Å²) in [4.78, 5) is 39.2. The van der Waals surface area contributed by atoms with E-state index in [1.54, 1.807) is 55.6 Å². The molecule has 1 saturated heterocycles. The molecule has 0 aliphatic carbocycles. The van der Waals surface area contributed by atoms with Crippen LogP contribution in [0.4, 0.5) is 5.69 Å². The van der Waals surface area contributed by atoms with Crippen molar-refractivity contribution in [2.45, 2.75) is 12.5 Å². The molecule has 146 valence electrons. The van der Waals surface area contributed by atoms with Crippen molar-refractivity contribution in [3.63, 3.8) is 0 Å². The van der Waals surface area contributed by atoms with E-state index in [1.165, 1.54) is 4.90 Å². The predicted octanol–water partition coefficient (Wildman–Crippen LogP) is 2.32. The summed E-state index contributed by atoms with van der Waals surface area (Å²) >= 11 is 6.05. The molecular formula is C20H20ClN3O4. The fourth-order valence-electron chi connectivity index (χ4n) is 3.00. The van der Waals surface area contributed by atoms with E-state index in [-0.39, 0.29) is 18.2 Å². The Labute approximate surface area is 167 Å². The second-order valence-electron chi connectivity index (χ2n) is 6.27. The van der Waals surface area contributed by atoms with Crippen LogP contribution in [0.15, 0.2) is 48.5 Å². The molecule has 0 saturated carbocycles. The van der Waals surface area contributed by atoms with Crippen LogP contribution in [0.25, 0.3) is 0 Å². The minimum atomic E-state index is -0.897. The number of nitrogens with zero attached hydrogens (tertiary/aromatic N) is 1. The van der Waals surface area contributed by atoms with Crippen LogP contribution in [0.5, 0.6) is 5.75 Å². The number of para-hydroxylation sites is 1. The Hall–Kier alpha value is -3.06. The van der Waals surface area contributed by atoms with E-state index in [4.69, 9.17) is 16.3 Å². The van der Waals surface area contributed by atoms with Gasteiger partial charge in [-0.2, -0.15) is 0 Å². The third-order valence-corrected chi connectivity index (χ3v) is 4.78. The SMILES string of the molecule is COc1ccc(C(=O)N2CCNC(=O)[C@@H]2CC(=O)Nc2ccccc2Cl)cc1. The van der Waals surface area contributed by atoms with E-state index >= 15 is 0 Å². The lowest BCUT2D eigenvalue weighted by molar-refractivity contribution is -0.131. The van der Waals surface area contributed by atoms with Crippen molar-refractivity contribution < 1.29 is 19.1 Å². The fraction of sp³-hybridized carbons (Fsp3) is 0.250. The van der Waals surface area contributed by atoms with Gasteiger partial charge in [0.15, 0.2) is 0 Å². The molecule has 0 spiro atoms. The number of hydrogen-bond donors (Lipinski definition) is 2. The molecule has 0 bridgehead atoms. The summed E-state index contributed by atoms with van der Waals surface area (Å²) < 4.78 is 5.10. The topological polar surface area (TPSA) is 87.7 Å². The highest BCUT2D eigenvalue weighted by atomic mass is 35.5. The third-order valence-electron chi connectivity index (χ3n) is 4.46. The molecule has 1 aliphatic heterocycles. The Bertz CT molecular complexity index is 885. The van der Waals surface area contributed by atoms with E-state index in [1.807, 2.05) is 0 Å². The summed E-state index contributed by atoms with van der Waals surface area (Å²) in [5.41, 5.74) is 0.880. The second kappa shape index (κ2) is 8.75. The lowest BCUT2D eigenvalue weighted by Crippen LogP contribution is -2.58. The van der Waals surface area contributed by atoms with E-state index in [2.05, 4.69) is 10.6 Å². The summed E-state index contributed by atoms with van der Waals surface area (Å²) in [6.07, 6.45) is -0.168. The van der Waals surface area contributed by atoms with E-state index < -0.39 is 11.9 Å². The molecule has 1 heterocycles. The summed E-state index contributed by atoms with van der Waals surface area (Å²) in [6, 6.07) is 12.5. The van der Waals surface area contributed by atoms with Crippen LogP contribution in [0, 0.1) is 0 Å². The van der Waals surface area contributed by atoms with Gasteiger partial charge < -0.3 is 20.3 Å². The van der Waals surface area contributed by atoms with Gasteiger partial charge in [0.05, 0.1) is 24.2 Å². The normalized spacial score (nSPS) is 16.3. The number of piperazine rings is 1. The highest BCUT2D eigenvalue weighted by Gasteiger charge is 2.35. The van der Waals surface area contributed by atoms with Crippen LogP contribution in [0.2, 0.25) is 5.02 Å². The Morgan fingerprint density at radius 2 is 1.93 bits per heavy atom. The predicted molar refractivity (Wildman–Crippen MR) is 106 cm³/mol. The summed E-state index contributed by atoms with van der Waals surface area (Å²) in [5.74, 6) is -0.443. The fourth-order valence-corrected chi connectivity index (χ4v) is 3.18. The standard InChI is InChI=1S/C20H20ClN3O4/c1-28-14-8-6-13(7-9-14)20(27)24-11-10-22-19(26)17(24)12-18(25)23-16-5-3-2-4-15(16)21/h2-9,17H,10-12H2,1H3,(H,22,26)(H,23,25)/t17-/m0/s1. The number of carbonyl (C=O) groups is 3. The minimum Gasteiger partial charge on any atom is -0.497 e. The molecule has 0 unspecified atom stereocenters. The van der Waals surface area contributed by atoms with Gasteiger partial charge in [-0.25, -0.2) is 0 Å². The number of hydrogen-bond acceptors (Lipinski definition) is 4. The zero-order valence-corrected chi connectivity index (χ0v) is 16.0. The number of benzene rings is 2. The molecule has 1 aliphatic rings. The first-order valence-corrected chi connectivity index (χ1v) is 9.14. The molecule has 2 N–H and O–H groups in total. The maximum Gasteiger partial charge on any atom is 0.254 e. The number of carbonyl (C=O) groups excluding carboxylic acids is 3. The van der Waals surface area contributed by atoms with Crippen molar-refractivity contribution >= 4 is 35.0 Å². The summed E-state index contributed by atoms with van der Waals surface area (Å²) in [7, 11) is 1.54. The van der Waals surface area contributed by atoms with Gasteiger partial charge in [0.25, 0.3) is 5.91 Å².